The highest BCUT2D eigenvalue weighted by Gasteiger charge is 2.05. The van der Waals surface area contributed by atoms with E-state index in [4.69, 9.17) is 5.11 Å². The van der Waals surface area contributed by atoms with Gasteiger partial charge in [0.1, 0.15) is 0 Å². The van der Waals surface area contributed by atoms with Crippen molar-refractivity contribution < 1.29 is 14.7 Å². The van der Waals surface area contributed by atoms with E-state index in [-0.39, 0.29) is 12.5 Å². The van der Waals surface area contributed by atoms with Crippen LogP contribution in [0.25, 0.3) is 0 Å². The number of amides is 2. The topological polar surface area (TPSA) is 91.3 Å². The molecular formula is C11H17N3O3S. The average molecular weight is 271 g/mol. The molecule has 0 saturated heterocycles. The van der Waals surface area contributed by atoms with E-state index in [0.29, 0.717) is 18.1 Å². The molecular weight excluding hydrogens is 254 g/mol. The normalized spacial score (nSPS) is 10.1. The largest absolute Gasteiger partial charge is 0.481 e. The van der Waals surface area contributed by atoms with Crippen LogP contribution in [0.5, 0.6) is 0 Å². The van der Waals surface area contributed by atoms with Crippen LogP contribution in [0.2, 0.25) is 0 Å². The van der Waals surface area contributed by atoms with E-state index < -0.39 is 5.97 Å². The Bertz CT molecular complexity index is 406. The molecule has 1 heterocycles. The van der Waals surface area contributed by atoms with Crippen LogP contribution in [0.1, 0.15) is 31.9 Å². The van der Waals surface area contributed by atoms with Gasteiger partial charge in [-0.05, 0) is 12.8 Å². The van der Waals surface area contributed by atoms with Gasteiger partial charge in [-0.3, -0.25) is 10.1 Å². The van der Waals surface area contributed by atoms with Gasteiger partial charge in [0.15, 0.2) is 5.13 Å². The predicted octanol–water partition coefficient (Wildman–Crippen LogP) is 2.08. The minimum Gasteiger partial charge on any atom is -0.481 e. The molecule has 2 amide bonds. The summed E-state index contributed by atoms with van der Waals surface area (Å²) in [5.74, 6) is -0.860. The van der Waals surface area contributed by atoms with Gasteiger partial charge in [0.2, 0.25) is 0 Å². The minimum absolute atomic E-state index is 0.0538. The summed E-state index contributed by atoms with van der Waals surface area (Å²) in [5, 5.41) is 16.1. The number of carboxylic acid groups (broad SMARTS) is 1. The summed E-state index contributed by atoms with van der Waals surface area (Å²) in [7, 11) is 0. The number of carboxylic acids is 1. The van der Waals surface area contributed by atoms with Crippen molar-refractivity contribution in [2.75, 3.05) is 11.9 Å². The summed E-state index contributed by atoms with van der Waals surface area (Å²) in [6, 6.07) is -0.349. The van der Waals surface area contributed by atoms with Crippen LogP contribution in [-0.2, 0) is 11.2 Å². The van der Waals surface area contributed by atoms with Gasteiger partial charge in [-0.1, -0.05) is 13.3 Å². The molecule has 0 aliphatic heterocycles. The minimum atomic E-state index is -0.860. The number of nitrogens with zero attached hydrogens (tertiary/aromatic N) is 1. The fraction of sp³-hybridized carbons (Fsp3) is 0.545. The Kier molecular flexibility index (Phi) is 6.13. The van der Waals surface area contributed by atoms with Crippen LogP contribution >= 0.6 is 11.3 Å². The van der Waals surface area contributed by atoms with Crippen molar-refractivity contribution in [1.82, 2.24) is 10.3 Å². The third kappa shape index (κ3) is 5.62. The van der Waals surface area contributed by atoms with Gasteiger partial charge in [0.05, 0.1) is 5.69 Å². The Hall–Kier alpha value is -1.63. The lowest BCUT2D eigenvalue weighted by molar-refractivity contribution is -0.137. The molecule has 0 aliphatic rings. The van der Waals surface area contributed by atoms with E-state index in [0.717, 1.165) is 18.5 Å². The molecule has 0 fully saturated rings. The van der Waals surface area contributed by atoms with Crippen LogP contribution in [0.4, 0.5) is 9.93 Å². The number of rotatable bonds is 7. The van der Waals surface area contributed by atoms with Crippen molar-refractivity contribution in [3.8, 4) is 0 Å². The number of carbonyl (C=O) groups is 2. The van der Waals surface area contributed by atoms with Crippen molar-refractivity contribution in [1.29, 1.82) is 0 Å². The number of aromatic nitrogens is 1. The molecule has 0 bridgehead atoms. The summed E-state index contributed by atoms with van der Waals surface area (Å²) in [5.41, 5.74) is 0.976. The van der Waals surface area contributed by atoms with Gasteiger partial charge in [-0.15, -0.1) is 11.3 Å². The van der Waals surface area contributed by atoms with Gasteiger partial charge in [-0.2, -0.15) is 0 Å². The third-order valence-electron chi connectivity index (χ3n) is 2.13. The SMILES string of the molecule is CCCc1csc(NC(=O)NCCCC(=O)O)n1. The van der Waals surface area contributed by atoms with Crippen molar-refractivity contribution >= 4 is 28.5 Å². The quantitative estimate of drug-likeness (QED) is 0.662. The van der Waals surface area contributed by atoms with E-state index in [2.05, 4.69) is 22.5 Å². The highest BCUT2D eigenvalue weighted by molar-refractivity contribution is 7.13. The first kappa shape index (κ1) is 14.4. The molecule has 1 aromatic rings. The summed E-state index contributed by atoms with van der Waals surface area (Å²) < 4.78 is 0. The van der Waals surface area contributed by atoms with Gasteiger partial charge in [0, 0.05) is 18.3 Å². The van der Waals surface area contributed by atoms with Crippen molar-refractivity contribution in [3.63, 3.8) is 0 Å². The molecule has 1 rings (SSSR count). The van der Waals surface area contributed by atoms with Crippen LogP contribution in [0, 0.1) is 0 Å². The van der Waals surface area contributed by atoms with E-state index in [9.17, 15) is 9.59 Å². The maximum absolute atomic E-state index is 11.4. The molecule has 0 unspecified atom stereocenters. The Labute approximate surface area is 109 Å². The van der Waals surface area contributed by atoms with Gasteiger partial charge < -0.3 is 10.4 Å². The second kappa shape index (κ2) is 7.65. The van der Waals surface area contributed by atoms with Crippen molar-refractivity contribution in [3.05, 3.63) is 11.1 Å². The van der Waals surface area contributed by atoms with Crippen molar-refractivity contribution in [2.45, 2.75) is 32.6 Å². The summed E-state index contributed by atoms with van der Waals surface area (Å²) >= 11 is 1.38. The predicted molar refractivity (Wildman–Crippen MR) is 70.0 cm³/mol. The van der Waals surface area contributed by atoms with Crippen molar-refractivity contribution in [2.24, 2.45) is 0 Å². The fourth-order valence-electron chi connectivity index (χ4n) is 1.32. The molecule has 0 saturated carbocycles. The zero-order valence-corrected chi connectivity index (χ0v) is 11.0. The maximum Gasteiger partial charge on any atom is 0.321 e. The lowest BCUT2D eigenvalue weighted by Crippen LogP contribution is -2.29. The number of carbonyl (C=O) groups excluding carboxylic acids is 1. The summed E-state index contributed by atoms with van der Waals surface area (Å²) in [6.45, 7) is 2.41. The van der Waals surface area contributed by atoms with E-state index in [1.165, 1.54) is 11.3 Å². The number of nitrogens with one attached hydrogen (secondary N) is 2. The number of hydrogen-bond acceptors (Lipinski definition) is 4. The van der Waals surface area contributed by atoms with Gasteiger partial charge in [-0.25, -0.2) is 9.78 Å². The number of urea groups is 1. The average Bonchev–Trinajstić information content (AvgIpc) is 2.72. The van der Waals surface area contributed by atoms with Crippen LogP contribution in [-0.4, -0.2) is 28.6 Å². The monoisotopic (exact) mass is 271 g/mol. The molecule has 0 radical (unpaired) electrons. The van der Waals surface area contributed by atoms with Gasteiger partial charge >= 0.3 is 12.0 Å². The maximum atomic E-state index is 11.4. The molecule has 0 spiro atoms. The first-order chi connectivity index (χ1) is 8.61. The lowest BCUT2D eigenvalue weighted by Gasteiger charge is -2.03. The molecule has 0 aliphatic carbocycles. The Morgan fingerprint density at radius 3 is 2.94 bits per heavy atom. The van der Waals surface area contributed by atoms with Gasteiger partial charge in [0.25, 0.3) is 0 Å². The Morgan fingerprint density at radius 2 is 2.28 bits per heavy atom. The molecule has 7 heteroatoms. The van der Waals surface area contributed by atoms with Crippen LogP contribution in [0.3, 0.4) is 0 Å². The number of hydrogen-bond donors (Lipinski definition) is 3. The molecule has 0 aromatic carbocycles. The van der Waals surface area contributed by atoms with E-state index in [1.807, 2.05) is 5.38 Å². The number of anilines is 1. The zero-order valence-electron chi connectivity index (χ0n) is 10.2. The second-order valence-electron chi connectivity index (χ2n) is 3.77. The first-order valence-electron chi connectivity index (χ1n) is 5.83. The van der Waals surface area contributed by atoms with E-state index >= 15 is 0 Å². The molecule has 18 heavy (non-hydrogen) atoms. The Morgan fingerprint density at radius 1 is 1.50 bits per heavy atom. The third-order valence-corrected chi connectivity index (χ3v) is 2.94. The molecule has 6 nitrogen and oxygen atoms in total. The first-order valence-corrected chi connectivity index (χ1v) is 6.70. The lowest BCUT2D eigenvalue weighted by atomic mass is 10.3. The molecule has 3 N–H and O–H groups in total. The highest BCUT2D eigenvalue weighted by Crippen LogP contribution is 2.16. The number of thiazole rings is 1. The zero-order chi connectivity index (χ0) is 13.4. The molecule has 1 aromatic heterocycles. The molecule has 0 atom stereocenters. The number of aliphatic carboxylic acids is 1. The van der Waals surface area contributed by atoms with Crippen LogP contribution < -0.4 is 10.6 Å². The Balaban J connectivity index is 2.24. The standard InChI is InChI=1S/C11H17N3O3S/c1-2-4-8-7-18-11(13-8)14-10(17)12-6-3-5-9(15)16/h7H,2-6H2,1H3,(H,15,16)(H2,12,13,14,17). The summed E-state index contributed by atoms with van der Waals surface area (Å²) in [4.78, 5) is 25.9. The summed E-state index contributed by atoms with van der Waals surface area (Å²) in [6.07, 6.45) is 2.39. The number of aryl methyl sites for hydroxylation is 1. The second-order valence-corrected chi connectivity index (χ2v) is 4.63. The highest BCUT2D eigenvalue weighted by atomic mass is 32.1. The van der Waals surface area contributed by atoms with Crippen LogP contribution in [0.15, 0.2) is 5.38 Å². The van der Waals surface area contributed by atoms with E-state index in [1.54, 1.807) is 0 Å². The smallest absolute Gasteiger partial charge is 0.321 e. The molecule has 100 valence electrons. The fourth-order valence-corrected chi connectivity index (χ4v) is 2.06.